The first-order valence-corrected chi connectivity index (χ1v) is 11.3. The second-order valence-corrected chi connectivity index (χ2v) is 8.82. The second-order valence-electron chi connectivity index (χ2n) is 8.82. The van der Waals surface area contributed by atoms with Crippen LogP contribution in [-0.4, -0.2) is 47.0 Å². The number of hydrogen-bond donors (Lipinski definition) is 1. The van der Waals surface area contributed by atoms with Crippen LogP contribution < -0.4 is 10.2 Å². The van der Waals surface area contributed by atoms with Crippen molar-refractivity contribution in [2.75, 3.05) is 31.1 Å². The molecular weight excluding hydrogens is 374 g/mol. The molecule has 3 heterocycles. The van der Waals surface area contributed by atoms with Gasteiger partial charge in [0, 0.05) is 45.1 Å². The molecular formula is C24H33N5O. The highest BCUT2D eigenvalue weighted by Gasteiger charge is 2.26. The molecule has 1 N–H and O–H groups in total. The zero-order valence-corrected chi connectivity index (χ0v) is 18.0. The Morgan fingerprint density at radius 1 is 1.10 bits per heavy atom. The van der Waals surface area contributed by atoms with Crippen LogP contribution in [0, 0.1) is 11.8 Å². The van der Waals surface area contributed by atoms with Crippen LogP contribution in [0.25, 0.3) is 0 Å². The molecule has 0 radical (unpaired) electrons. The van der Waals surface area contributed by atoms with Crippen molar-refractivity contribution in [2.24, 2.45) is 11.8 Å². The van der Waals surface area contributed by atoms with Gasteiger partial charge in [-0.25, -0.2) is 4.98 Å². The highest BCUT2D eigenvalue weighted by Crippen LogP contribution is 2.22. The monoisotopic (exact) mass is 407 g/mol. The number of benzene rings is 1. The van der Waals surface area contributed by atoms with Crippen LogP contribution in [0.4, 0.5) is 5.82 Å². The Bertz CT molecular complexity index is 827. The topological polar surface area (TPSA) is 61.4 Å². The summed E-state index contributed by atoms with van der Waals surface area (Å²) in [7, 11) is 0. The smallest absolute Gasteiger partial charge is 0.225 e. The number of piperidine rings is 2. The summed E-state index contributed by atoms with van der Waals surface area (Å²) in [5.74, 6) is 1.77. The fourth-order valence-corrected chi connectivity index (χ4v) is 4.74. The summed E-state index contributed by atoms with van der Waals surface area (Å²) < 4.78 is 0. The van der Waals surface area contributed by atoms with Crippen molar-refractivity contribution in [2.45, 2.75) is 45.7 Å². The van der Waals surface area contributed by atoms with Crippen LogP contribution in [0.5, 0.6) is 0 Å². The van der Waals surface area contributed by atoms with E-state index in [0.717, 1.165) is 37.7 Å². The zero-order chi connectivity index (χ0) is 20.8. The fourth-order valence-electron chi connectivity index (χ4n) is 4.74. The first-order chi connectivity index (χ1) is 14.7. The molecule has 0 aliphatic carbocycles. The summed E-state index contributed by atoms with van der Waals surface area (Å²) in [4.78, 5) is 26.2. The predicted molar refractivity (Wildman–Crippen MR) is 119 cm³/mol. The molecule has 1 aromatic carbocycles. The minimum atomic E-state index is -0.00383. The number of nitrogens with one attached hydrogen (secondary N) is 1. The molecule has 2 saturated heterocycles. The molecule has 2 aliphatic heterocycles. The quantitative estimate of drug-likeness (QED) is 0.797. The number of rotatable bonds is 6. The SMILES string of the molecule is C[C@H]1CCCN(Cc2ccccc2CNC(=O)[C@@H]2CCCN(c3cnccn3)C2)C1. The van der Waals surface area contributed by atoms with Gasteiger partial charge in [-0.3, -0.25) is 14.7 Å². The Balaban J connectivity index is 1.33. The molecule has 4 rings (SSSR count). The molecule has 2 aromatic rings. The van der Waals surface area contributed by atoms with E-state index in [1.54, 1.807) is 18.6 Å². The molecule has 6 heteroatoms. The maximum Gasteiger partial charge on any atom is 0.225 e. The van der Waals surface area contributed by atoms with Crippen molar-refractivity contribution >= 4 is 11.7 Å². The molecule has 6 nitrogen and oxygen atoms in total. The van der Waals surface area contributed by atoms with Gasteiger partial charge in [-0.05, 0) is 49.3 Å². The van der Waals surface area contributed by atoms with Gasteiger partial charge >= 0.3 is 0 Å². The number of amides is 1. The van der Waals surface area contributed by atoms with Crippen molar-refractivity contribution in [3.8, 4) is 0 Å². The predicted octanol–water partition coefficient (Wildman–Crippen LogP) is 3.24. The van der Waals surface area contributed by atoms with Crippen molar-refractivity contribution in [3.63, 3.8) is 0 Å². The van der Waals surface area contributed by atoms with E-state index in [9.17, 15) is 4.79 Å². The molecule has 0 bridgehead atoms. The van der Waals surface area contributed by atoms with Gasteiger partial charge in [0.05, 0.1) is 12.1 Å². The molecule has 2 fully saturated rings. The molecule has 0 saturated carbocycles. The lowest BCUT2D eigenvalue weighted by Gasteiger charge is -2.33. The first-order valence-electron chi connectivity index (χ1n) is 11.3. The van der Waals surface area contributed by atoms with Gasteiger partial charge < -0.3 is 10.2 Å². The van der Waals surface area contributed by atoms with Gasteiger partial charge in [-0.2, -0.15) is 0 Å². The molecule has 1 aromatic heterocycles. The van der Waals surface area contributed by atoms with E-state index in [4.69, 9.17) is 0 Å². The van der Waals surface area contributed by atoms with E-state index < -0.39 is 0 Å². The van der Waals surface area contributed by atoms with Crippen molar-refractivity contribution in [1.29, 1.82) is 0 Å². The van der Waals surface area contributed by atoms with E-state index >= 15 is 0 Å². The van der Waals surface area contributed by atoms with Gasteiger partial charge in [-0.15, -0.1) is 0 Å². The standard InChI is InChI=1S/C24H33N5O/c1-19-6-4-12-28(16-19)17-21-8-3-2-7-20(21)14-27-24(30)22-9-5-13-29(18-22)23-15-25-10-11-26-23/h2-3,7-8,10-11,15,19,22H,4-6,9,12-14,16-18H2,1H3,(H,27,30)/t19-,22+/m0/s1. The summed E-state index contributed by atoms with van der Waals surface area (Å²) in [5.41, 5.74) is 2.56. The van der Waals surface area contributed by atoms with Crippen LogP contribution in [0.2, 0.25) is 0 Å². The van der Waals surface area contributed by atoms with Crippen LogP contribution >= 0.6 is 0 Å². The van der Waals surface area contributed by atoms with Crippen molar-refractivity contribution in [1.82, 2.24) is 20.2 Å². The van der Waals surface area contributed by atoms with Gasteiger partial charge in [-0.1, -0.05) is 31.2 Å². The molecule has 30 heavy (non-hydrogen) atoms. The van der Waals surface area contributed by atoms with E-state index in [1.807, 2.05) is 0 Å². The molecule has 1 amide bonds. The number of carbonyl (C=O) groups excluding carboxylic acids is 1. The maximum absolute atomic E-state index is 12.9. The van der Waals surface area contributed by atoms with Crippen LogP contribution in [0.15, 0.2) is 42.9 Å². The highest BCUT2D eigenvalue weighted by molar-refractivity contribution is 5.79. The van der Waals surface area contributed by atoms with Gasteiger partial charge in [0.25, 0.3) is 0 Å². The van der Waals surface area contributed by atoms with Gasteiger partial charge in [0.2, 0.25) is 5.91 Å². The summed E-state index contributed by atoms with van der Waals surface area (Å²) in [6, 6.07) is 8.53. The summed E-state index contributed by atoms with van der Waals surface area (Å²) in [5, 5.41) is 3.21. The third-order valence-electron chi connectivity index (χ3n) is 6.37. The van der Waals surface area contributed by atoms with Crippen LogP contribution in [-0.2, 0) is 17.9 Å². The minimum absolute atomic E-state index is 0.00383. The number of likely N-dealkylation sites (tertiary alicyclic amines) is 1. The first kappa shape index (κ1) is 20.8. The number of carbonyl (C=O) groups is 1. The van der Waals surface area contributed by atoms with Crippen molar-refractivity contribution < 1.29 is 4.79 Å². The maximum atomic E-state index is 12.9. The lowest BCUT2D eigenvalue weighted by molar-refractivity contribution is -0.125. The molecule has 2 atom stereocenters. The third kappa shape index (κ3) is 5.36. The summed E-state index contributed by atoms with van der Waals surface area (Å²) in [6.07, 6.45) is 9.70. The number of nitrogens with zero attached hydrogens (tertiary/aromatic N) is 4. The Labute approximate surface area is 179 Å². The molecule has 0 unspecified atom stereocenters. The zero-order valence-electron chi connectivity index (χ0n) is 18.0. The molecule has 160 valence electrons. The van der Waals surface area contributed by atoms with E-state index in [2.05, 4.69) is 56.3 Å². The van der Waals surface area contributed by atoms with Gasteiger partial charge in [0.15, 0.2) is 0 Å². The average molecular weight is 408 g/mol. The average Bonchev–Trinajstić information content (AvgIpc) is 2.79. The Morgan fingerprint density at radius 2 is 1.93 bits per heavy atom. The van der Waals surface area contributed by atoms with E-state index in [-0.39, 0.29) is 11.8 Å². The summed E-state index contributed by atoms with van der Waals surface area (Å²) >= 11 is 0. The van der Waals surface area contributed by atoms with Crippen LogP contribution in [0.1, 0.15) is 43.7 Å². The lowest BCUT2D eigenvalue weighted by Crippen LogP contribution is -2.43. The van der Waals surface area contributed by atoms with E-state index in [1.165, 1.54) is 37.1 Å². The Morgan fingerprint density at radius 3 is 2.73 bits per heavy atom. The Kier molecular flexibility index (Phi) is 6.95. The highest BCUT2D eigenvalue weighted by atomic mass is 16.1. The molecule has 2 aliphatic rings. The second kappa shape index (κ2) is 10.0. The largest absolute Gasteiger partial charge is 0.355 e. The Hall–Kier alpha value is -2.47. The van der Waals surface area contributed by atoms with Crippen molar-refractivity contribution in [3.05, 3.63) is 54.0 Å². The number of hydrogen-bond acceptors (Lipinski definition) is 5. The number of anilines is 1. The lowest BCUT2D eigenvalue weighted by atomic mass is 9.96. The number of aromatic nitrogens is 2. The fraction of sp³-hybridized carbons (Fsp3) is 0.542. The minimum Gasteiger partial charge on any atom is -0.355 e. The van der Waals surface area contributed by atoms with Gasteiger partial charge in [0.1, 0.15) is 5.82 Å². The summed E-state index contributed by atoms with van der Waals surface area (Å²) in [6.45, 7) is 7.89. The molecule has 0 spiro atoms. The third-order valence-corrected chi connectivity index (χ3v) is 6.37. The normalized spacial score (nSPS) is 22.6. The van der Waals surface area contributed by atoms with Crippen LogP contribution in [0.3, 0.4) is 0 Å². The van der Waals surface area contributed by atoms with E-state index in [0.29, 0.717) is 13.1 Å².